The Morgan fingerprint density at radius 2 is 2.10 bits per heavy atom. The van der Waals surface area contributed by atoms with Crippen LogP contribution in [-0.4, -0.2) is 29.1 Å². The van der Waals surface area contributed by atoms with Gasteiger partial charge in [-0.25, -0.2) is 4.98 Å². The number of nitrogens with zero attached hydrogens (tertiary/aromatic N) is 3. The fourth-order valence-electron chi connectivity index (χ4n) is 3.13. The average Bonchev–Trinajstić information content (AvgIpc) is 3.29. The van der Waals surface area contributed by atoms with Crippen LogP contribution in [0.4, 0.5) is 5.82 Å². The van der Waals surface area contributed by atoms with Gasteiger partial charge in [0.2, 0.25) is 0 Å². The van der Waals surface area contributed by atoms with Gasteiger partial charge in [0.1, 0.15) is 5.82 Å². The van der Waals surface area contributed by atoms with Gasteiger partial charge < -0.3 is 10.2 Å². The lowest BCUT2D eigenvalue weighted by atomic mass is 9.86. The summed E-state index contributed by atoms with van der Waals surface area (Å²) < 4.78 is 0. The summed E-state index contributed by atoms with van der Waals surface area (Å²) in [4.78, 5) is 11.5. The van der Waals surface area contributed by atoms with E-state index >= 15 is 0 Å². The molecule has 2 saturated carbocycles. The normalized spacial score (nSPS) is 26.5. The first-order valence-corrected chi connectivity index (χ1v) is 7.99. The Labute approximate surface area is 122 Å². The van der Waals surface area contributed by atoms with Crippen molar-refractivity contribution in [3.05, 3.63) is 18.1 Å². The van der Waals surface area contributed by atoms with E-state index in [2.05, 4.69) is 29.2 Å². The zero-order valence-corrected chi connectivity index (χ0v) is 12.7. The van der Waals surface area contributed by atoms with Crippen LogP contribution in [0.1, 0.15) is 51.1 Å². The van der Waals surface area contributed by atoms with E-state index in [0.717, 1.165) is 30.0 Å². The Morgan fingerprint density at radius 1 is 1.25 bits per heavy atom. The molecule has 0 amide bonds. The quantitative estimate of drug-likeness (QED) is 0.896. The zero-order chi connectivity index (χ0) is 13.9. The number of nitrogens with one attached hydrogen (secondary N) is 1. The molecule has 2 aliphatic rings. The molecule has 4 heteroatoms. The van der Waals surface area contributed by atoms with Crippen molar-refractivity contribution >= 4 is 5.82 Å². The molecule has 0 bridgehead atoms. The van der Waals surface area contributed by atoms with Crippen molar-refractivity contribution < 1.29 is 0 Å². The number of rotatable bonds is 5. The minimum absolute atomic E-state index is 0.625. The van der Waals surface area contributed by atoms with Gasteiger partial charge in [-0.15, -0.1) is 0 Å². The van der Waals surface area contributed by atoms with E-state index in [1.54, 1.807) is 0 Å². The van der Waals surface area contributed by atoms with Crippen molar-refractivity contribution in [2.24, 2.45) is 5.92 Å². The number of anilines is 1. The average molecular weight is 274 g/mol. The summed E-state index contributed by atoms with van der Waals surface area (Å²) in [6, 6.07) is 1.34. The lowest BCUT2D eigenvalue weighted by Gasteiger charge is -2.34. The minimum atomic E-state index is 0.625. The Kier molecular flexibility index (Phi) is 4.20. The third-order valence-corrected chi connectivity index (χ3v) is 4.64. The van der Waals surface area contributed by atoms with Gasteiger partial charge in [0, 0.05) is 31.9 Å². The molecule has 0 aromatic carbocycles. The largest absolute Gasteiger partial charge is 0.355 e. The van der Waals surface area contributed by atoms with E-state index in [1.165, 1.54) is 38.5 Å². The molecule has 1 heterocycles. The second-order valence-electron chi connectivity index (χ2n) is 6.56. The van der Waals surface area contributed by atoms with Crippen molar-refractivity contribution in [1.82, 2.24) is 15.3 Å². The molecule has 1 aromatic rings. The fourth-order valence-corrected chi connectivity index (χ4v) is 3.13. The van der Waals surface area contributed by atoms with Gasteiger partial charge in [-0.1, -0.05) is 19.8 Å². The van der Waals surface area contributed by atoms with Gasteiger partial charge in [0.25, 0.3) is 0 Å². The monoisotopic (exact) mass is 274 g/mol. The standard InChI is InChI=1S/C16H26N4/c1-12-4-3-5-15(8-12)20(2)16-11-17-9-14(19-16)10-18-13-6-7-13/h9,11-13,15,18H,3-8,10H2,1-2H3. The minimum Gasteiger partial charge on any atom is -0.355 e. The van der Waals surface area contributed by atoms with Crippen LogP contribution in [0.25, 0.3) is 0 Å². The van der Waals surface area contributed by atoms with Crippen LogP contribution in [0.3, 0.4) is 0 Å². The zero-order valence-electron chi connectivity index (χ0n) is 12.7. The highest BCUT2D eigenvalue weighted by molar-refractivity contribution is 5.36. The van der Waals surface area contributed by atoms with Crippen LogP contribution >= 0.6 is 0 Å². The van der Waals surface area contributed by atoms with E-state index in [1.807, 2.05) is 12.4 Å². The first-order valence-electron chi connectivity index (χ1n) is 7.99. The third-order valence-electron chi connectivity index (χ3n) is 4.64. The third kappa shape index (κ3) is 3.48. The van der Waals surface area contributed by atoms with Crippen LogP contribution in [0.5, 0.6) is 0 Å². The molecule has 1 aromatic heterocycles. The first kappa shape index (κ1) is 13.8. The lowest BCUT2D eigenvalue weighted by Crippen LogP contribution is -2.36. The van der Waals surface area contributed by atoms with Gasteiger partial charge in [0.05, 0.1) is 11.9 Å². The highest BCUT2D eigenvalue weighted by atomic mass is 15.2. The molecule has 3 rings (SSSR count). The molecule has 0 aliphatic heterocycles. The van der Waals surface area contributed by atoms with Crippen LogP contribution in [0, 0.1) is 5.92 Å². The van der Waals surface area contributed by atoms with Gasteiger partial charge in [0.15, 0.2) is 0 Å². The van der Waals surface area contributed by atoms with E-state index in [-0.39, 0.29) is 0 Å². The Bertz CT molecular complexity index is 444. The smallest absolute Gasteiger partial charge is 0.147 e. The Hall–Kier alpha value is -1.16. The van der Waals surface area contributed by atoms with Crippen molar-refractivity contribution in [2.75, 3.05) is 11.9 Å². The summed E-state index contributed by atoms with van der Waals surface area (Å²) in [7, 11) is 2.17. The molecule has 4 nitrogen and oxygen atoms in total. The van der Waals surface area contributed by atoms with E-state index in [0.29, 0.717) is 6.04 Å². The van der Waals surface area contributed by atoms with Gasteiger partial charge in [-0.05, 0) is 31.6 Å². The molecular weight excluding hydrogens is 248 g/mol. The highest BCUT2D eigenvalue weighted by Crippen LogP contribution is 2.28. The molecule has 2 atom stereocenters. The van der Waals surface area contributed by atoms with E-state index < -0.39 is 0 Å². The highest BCUT2D eigenvalue weighted by Gasteiger charge is 2.24. The van der Waals surface area contributed by atoms with E-state index in [4.69, 9.17) is 4.98 Å². The number of aromatic nitrogens is 2. The van der Waals surface area contributed by atoms with Crippen LogP contribution in [0.2, 0.25) is 0 Å². The maximum absolute atomic E-state index is 4.77. The predicted octanol–water partition coefficient (Wildman–Crippen LogP) is 2.74. The molecule has 110 valence electrons. The molecule has 0 spiro atoms. The van der Waals surface area contributed by atoms with Crippen molar-refractivity contribution in [3.63, 3.8) is 0 Å². The molecular formula is C16H26N4. The fraction of sp³-hybridized carbons (Fsp3) is 0.750. The van der Waals surface area contributed by atoms with Crippen LogP contribution in [0.15, 0.2) is 12.4 Å². The van der Waals surface area contributed by atoms with Gasteiger partial charge in [-0.2, -0.15) is 0 Å². The number of hydrogen-bond acceptors (Lipinski definition) is 4. The van der Waals surface area contributed by atoms with Crippen molar-refractivity contribution in [3.8, 4) is 0 Å². The molecule has 0 saturated heterocycles. The van der Waals surface area contributed by atoms with Crippen LogP contribution < -0.4 is 10.2 Å². The summed E-state index contributed by atoms with van der Waals surface area (Å²) in [6.07, 6.45) is 11.7. The summed E-state index contributed by atoms with van der Waals surface area (Å²) in [5.74, 6) is 1.86. The molecule has 2 fully saturated rings. The maximum atomic E-state index is 4.77. The van der Waals surface area contributed by atoms with Gasteiger partial charge >= 0.3 is 0 Å². The van der Waals surface area contributed by atoms with Crippen LogP contribution in [-0.2, 0) is 6.54 Å². The molecule has 0 radical (unpaired) electrons. The topological polar surface area (TPSA) is 41.1 Å². The lowest BCUT2D eigenvalue weighted by molar-refractivity contribution is 0.335. The van der Waals surface area contributed by atoms with Crippen molar-refractivity contribution in [1.29, 1.82) is 0 Å². The Balaban J connectivity index is 1.63. The summed E-state index contributed by atoms with van der Waals surface area (Å²) >= 11 is 0. The molecule has 2 aliphatic carbocycles. The SMILES string of the molecule is CC1CCCC(N(C)c2cncc(CNC3CC3)n2)C1. The summed E-state index contributed by atoms with van der Waals surface area (Å²) in [5.41, 5.74) is 1.06. The second kappa shape index (κ2) is 6.08. The van der Waals surface area contributed by atoms with Crippen molar-refractivity contribution in [2.45, 2.75) is 64.1 Å². The van der Waals surface area contributed by atoms with E-state index in [9.17, 15) is 0 Å². The molecule has 20 heavy (non-hydrogen) atoms. The predicted molar refractivity (Wildman–Crippen MR) is 81.7 cm³/mol. The molecule has 2 unspecified atom stereocenters. The second-order valence-corrected chi connectivity index (χ2v) is 6.56. The summed E-state index contributed by atoms with van der Waals surface area (Å²) in [5, 5.41) is 3.50. The first-order chi connectivity index (χ1) is 9.72. The van der Waals surface area contributed by atoms with Gasteiger partial charge in [-0.3, -0.25) is 4.98 Å². The maximum Gasteiger partial charge on any atom is 0.147 e. The summed E-state index contributed by atoms with van der Waals surface area (Å²) in [6.45, 7) is 3.21. The number of hydrogen-bond donors (Lipinski definition) is 1. The molecule has 1 N–H and O–H groups in total. The Morgan fingerprint density at radius 3 is 2.85 bits per heavy atom.